The summed E-state index contributed by atoms with van der Waals surface area (Å²) < 4.78 is 40.9. The van der Waals surface area contributed by atoms with Gasteiger partial charge in [0.25, 0.3) is 5.91 Å². The average molecular weight is 404 g/mol. The number of hydrogen-bond donors (Lipinski definition) is 2. The van der Waals surface area contributed by atoms with E-state index >= 15 is 0 Å². The molecule has 0 aliphatic carbocycles. The minimum absolute atomic E-state index is 0.119. The van der Waals surface area contributed by atoms with Gasteiger partial charge in [-0.05, 0) is 26.0 Å². The van der Waals surface area contributed by atoms with Crippen LogP contribution in [0.15, 0.2) is 42.7 Å². The Kier molecular flexibility index (Phi) is 5.81. The van der Waals surface area contributed by atoms with Gasteiger partial charge in [0.2, 0.25) is 0 Å². The van der Waals surface area contributed by atoms with E-state index in [0.29, 0.717) is 17.5 Å². The van der Waals surface area contributed by atoms with Crippen molar-refractivity contribution in [2.45, 2.75) is 20.0 Å². The number of alkyl halides is 3. The Hall–Kier alpha value is -3.43. The van der Waals surface area contributed by atoms with Gasteiger partial charge >= 0.3 is 6.18 Å². The second kappa shape index (κ2) is 8.29. The van der Waals surface area contributed by atoms with Gasteiger partial charge in [0.05, 0.1) is 11.1 Å². The minimum Gasteiger partial charge on any atom is -0.368 e. The van der Waals surface area contributed by atoms with Gasteiger partial charge in [-0.1, -0.05) is 12.1 Å². The van der Waals surface area contributed by atoms with Crippen LogP contribution in [0.3, 0.4) is 0 Å². The number of hydrogen-bond acceptors (Lipinski definition) is 5. The predicted molar refractivity (Wildman–Crippen MR) is 101 cm³/mol. The number of aryl methyl sites for hydroxylation is 2. The van der Waals surface area contributed by atoms with Gasteiger partial charge in [0.15, 0.2) is 0 Å². The zero-order chi connectivity index (χ0) is 21.0. The molecule has 3 aromatic rings. The lowest BCUT2D eigenvalue weighted by Gasteiger charge is -2.13. The molecule has 2 N–H and O–H groups in total. The number of aromatic nitrogens is 4. The molecule has 1 amide bonds. The molecule has 152 valence electrons. The summed E-state index contributed by atoms with van der Waals surface area (Å²) in [6.45, 7) is 3.99. The fraction of sp³-hybridized carbons (Fsp3) is 0.263. The van der Waals surface area contributed by atoms with E-state index in [2.05, 4.69) is 25.6 Å². The Bertz CT molecular complexity index is 1020. The maximum Gasteiger partial charge on any atom is 0.417 e. The molecule has 0 fully saturated rings. The predicted octanol–water partition coefficient (Wildman–Crippen LogP) is 3.14. The molecule has 1 aromatic carbocycles. The monoisotopic (exact) mass is 404 g/mol. The minimum atomic E-state index is -4.59. The highest BCUT2D eigenvalue weighted by Crippen LogP contribution is 2.31. The lowest BCUT2D eigenvalue weighted by molar-refractivity contribution is -0.137. The Balaban J connectivity index is 1.61. The molecule has 0 aliphatic rings. The van der Waals surface area contributed by atoms with E-state index in [0.717, 1.165) is 18.0 Å². The van der Waals surface area contributed by atoms with Crippen LogP contribution >= 0.6 is 0 Å². The highest BCUT2D eigenvalue weighted by Gasteiger charge is 2.34. The van der Waals surface area contributed by atoms with Crippen molar-refractivity contribution in [3.63, 3.8) is 0 Å². The van der Waals surface area contributed by atoms with Crippen molar-refractivity contribution in [2.75, 3.05) is 18.4 Å². The molecule has 7 nitrogen and oxygen atoms in total. The van der Waals surface area contributed by atoms with Crippen molar-refractivity contribution in [1.29, 1.82) is 0 Å². The van der Waals surface area contributed by atoms with Crippen molar-refractivity contribution in [2.24, 2.45) is 0 Å². The smallest absolute Gasteiger partial charge is 0.368 e. The molecular formula is C19H19F3N6O. The third kappa shape index (κ3) is 4.89. The van der Waals surface area contributed by atoms with E-state index in [1.807, 2.05) is 6.92 Å². The van der Waals surface area contributed by atoms with E-state index in [1.165, 1.54) is 12.1 Å². The van der Waals surface area contributed by atoms with E-state index in [-0.39, 0.29) is 13.1 Å². The summed E-state index contributed by atoms with van der Waals surface area (Å²) in [5, 5.41) is 5.52. The lowest BCUT2D eigenvalue weighted by Crippen LogP contribution is -2.30. The molecule has 2 aromatic heterocycles. The summed E-state index contributed by atoms with van der Waals surface area (Å²) >= 11 is 0. The van der Waals surface area contributed by atoms with Gasteiger partial charge in [0, 0.05) is 31.5 Å². The average Bonchev–Trinajstić information content (AvgIpc) is 3.10. The molecule has 3 rings (SSSR count). The van der Waals surface area contributed by atoms with Gasteiger partial charge in [-0.15, -0.1) is 0 Å². The highest BCUT2D eigenvalue weighted by molar-refractivity contribution is 5.95. The van der Waals surface area contributed by atoms with Crippen LogP contribution in [0.4, 0.5) is 19.0 Å². The number of carbonyl (C=O) groups is 1. The van der Waals surface area contributed by atoms with Crippen LogP contribution in [0.2, 0.25) is 0 Å². The third-order valence-corrected chi connectivity index (χ3v) is 4.09. The molecule has 0 bridgehead atoms. The van der Waals surface area contributed by atoms with Crippen LogP contribution in [-0.4, -0.2) is 38.5 Å². The van der Waals surface area contributed by atoms with Crippen LogP contribution in [0.5, 0.6) is 0 Å². The zero-order valence-corrected chi connectivity index (χ0v) is 15.8. The second-order valence-corrected chi connectivity index (χ2v) is 6.23. The first-order valence-electron chi connectivity index (χ1n) is 8.80. The van der Waals surface area contributed by atoms with Gasteiger partial charge < -0.3 is 10.6 Å². The molecule has 0 saturated carbocycles. The zero-order valence-electron chi connectivity index (χ0n) is 15.8. The highest BCUT2D eigenvalue weighted by atomic mass is 19.4. The SMILES string of the molecule is Cc1nc(NCCNC(=O)c2ccccc2C(F)(F)F)cc(-n2ccnc2C)n1. The van der Waals surface area contributed by atoms with Crippen LogP contribution in [0.25, 0.3) is 5.82 Å². The molecule has 0 unspecified atom stereocenters. The maximum atomic E-state index is 13.0. The standard InChI is InChI=1S/C19H19F3N6O/c1-12-26-16(11-17(27-12)28-10-9-23-13(28)2)24-7-8-25-18(29)14-5-3-4-6-15(14)19(20,21)22/h3-6,9-11H,7-8H2,1-2H3,(H,25,29)(H,24,26,27). The topological polar surface area (TPSA) is 84.7 Å². The van der Waals surface area contributed by atoms with Crippen molar-refractivity contribution >= 4 is 11.7 Å². The first-order chi connectivity index (χ1) is 13.8. The molecular weight excluding hydrogens is 385 g/mol. The molecule has 29 heavy (non-hydrogen) atoms. The summed E-state index contributed by atoms with van der Waals surface area (Å²) in [5.41, 5.74) is -1.37. The molecule has 2 heterocycles. The summed E-state index contributed by atoms with van der Waals surface area (Å²) in [7, 11) is 0. The maximum absolute atomic E-state index is 13.0. The lowest BCUT2D eigenvalue weighted by atomic mass is 10.1. The molecule has 0 atom stereocenters. The van der Waals surface area contributed by atoms with E-state index < -0.39 is 23.2 Å². The van der Waals surface area contributed by atoms with Crippen molar-refractivity contribution in [1.82, 2.24) is 24.8 Å². The number of halogens is 3. The van der Waals surface area contributed by atoms with E-state index in [1.54, 1.807) is 30.0 Å². The summed E-state index contributed by atoms with van der Waals surface area (Å²) in [5.74, 6) is 1.70. The van der Waals surface area contributed by atoms with Crippen LogP contribution in [-0.2, 0) is 6.18 Å². The number of amides is 1. The summed E-state index contributed by atoms with van der Waals surface area (Å²) in [4.78, 5) is 24.9. The Labute approximate surface area is 165 Å². The summed E-state index contributed by atoms with van der Waals surface area (Å²) in [6, 6.07) is 6.40. The van der Waals surface area contributed by atoms with Gasteiger partial charge in [0.1, 0.15) is 23.3 Å². The molecule has 10 heteroatoms. The molecule has 0 aliphatic heterocycles. The quantitative estimate of drug-likeness (QED) is 0.617. The Morgan fingerprint density at radius 1 is 1.14 bits per heavy atom. The van der Waals surface area contributed by atoms with Gasteiger partial charge in [-0.25, -0.2) is 15.0 Å². The molecule has 0 radical (unpaired) electrons. The number of anilines is 1. The number of benzene rings is 1. The first kappa shape index (κ1) is 20.3. The van der Waals surface area contributed by atoms with Crippen molar-refractivity contribution in [3.8, 4) is 5.82 Å². The number of nitrogens with one attached hydrogen (secondary N) is 2. The Morgan fingerprint density at radius 2 is 1.90 bits per heavy atom. The van der Waals surface area contributed by atoms with E-state index in [9.17, 15) is 18.0 Å². The van der Waals surface area contributed by atoms with Gasteiger partial charge in [-0.3, -0.25) is 9.36 Å². The molecule has 0 saturated heterocycles. The fourth-order valence-electron chi connectivity index (χ4n) is 2.78. The van der Waals surface area contributed by atoms with Crippen molar-refractivity contribution < 1.29 is 18.0 Å². The number of imidazole rings is 1. The van der Waals surface area contributed by atoms with Crippen LogP contribution < -0.4 is 10.6 Å². The first-order valence-corrected chi connectivity index (χ1v) is 8.80. The molecule has 0 spiro atoms. The number of nitrogens with zero attached hydrogens (tertiary/aromatic N) is 4. The second-order valence-electron chi connectivity index (χ2n) is 6.23. The van der Waals surface area contributed by atoms with E-state index in [4.69, 9.17) is 0 Å². The normalized spacial score (nSPS) is 11.3. The van der Waals surface area contributed by atoms with Gasteiger partial charge in [-0.2, -0.15) is 13.2 Å². The third-order valence-electron chi connectivity index (χ3n) is 4.09. The fourth-order valence-corrected chi connectivity index (χ4v) is 2.78. The summed E-state index contributed by atoms with van der Waals surface area (Å²) in [6.07, 6.45) is -1.15. The van der Waals surface area contributed by atoms with Crippen molar-refractivity contribution in [3.05, 3.63) is 65.5 Å². The number of rotatable bonds is 6. The Morgan fingerprint density at radius 3 is 2.59 bits per heavy atom. The largest absolute Gasteiger partial charge is 0.417 e. The van der Waals surface area contributed by atoms with Crippen LogP contribution in [0.1, 0.15) is 27.6 Å². The number of carbonyl (C=O) groups excluding carboxylic acids is 1. The van der Waals surface area contributed by atoms with Crippen LogP contribution in [0, 0.1) is 13.8 Å².